The van der Waals surface area contributed by atoms with E-state index in [0.29, 0.717) is 5.02 Å². The number of halogens is 2. The van der Waals surface area contributed by atoms with Crippen LogP contribution in [0.2, 0.25) is 5.02 Å². The van der Waals surface area contributed by atoms with E-state index < -0.39 is 0 Å². The average Bonchev–Trinajstić information content (AvgIpc) is 2.32. The number of piperidine rings is 1. The first kappa shape index (κ1) is 13.1. The van der Waals surface area contributed by atoms with Gasteiger partial charge in [-0.2, -0.15) is 0 Å². The van der Waals surface area contributed by atoms with E-state index >= 15 is 0 Å². The number of nitrogens with one attached hydrogen (secondary N) is 1. The Morgan fingerprint density at radius 2 is 2.24 bits per heavy atom. The minimum atomic E-state index is 0.666. The molecule has 5 heteroatoms. The molecule has 1 aromatic heterocycles. The van der Waals surface area contributed by atoms with Gasteiger partial charge in [0.1, 0.15) is 4.60 Å². The lowest BCUT2D eigenvalue weighted by atomic mass is 9.97. The van der Waals surface area contributed by atoms with Gasteiger partial charge in [-0.25, -0.2) is 4.98 Å². The standard InChI is InChI=1S/C12H17BrClN3/c1-17-4-2-9(3-5-17)7-15-11-6-10(14)8-16-12(11)13/h6,8-9,15H,2-5,7H2,1H3. The summed E-state index contributed by atoms with van der Waals surface area (Å²) in [6, 6.07) is 1.91. The Labute approximate surface area is 116 Å². The first-order valence-electron chi connectivity index (χ1n) is 5.88. The first-order valence-corrected chi connectivity index (χ1v) is 7.05. The fraction of sp³-hybridized carbons (Fsp3) is 0.583. The number of aromatic nitrogens is 1. The van der Waals surface area contributed by atoms with E-state index in [1.165, 1.54) is 25.9 Å². The summed E-state index contributed by atoms with van der Waals surface area (Å²) in [7, 11) is 2.18. The zero-order valence-electron chi connectivity index (χ0n) is 9.92. The molecule has 1 aromatic rings. The molecule has 0 unspecified atom stereocenters. The van der Waals surface area contributed by atoms with Crippen LogP contribution in [0, 0.1) is 5.92 Å². The van der Waals surface area contributed by atoms with Crippen molar-refractivity contribution in [1.29, 1.82) is 0 Å². The summed E-state index contributed by atoms with van der Waals surface area (Å²) in [5.41, 5.74) is 0.983. The quantitative estimate of drug-likeness (QED) is 0.867. The van der Waals surface area contributed by atoms with E-state index in [-0.39, 0.29) is 0 Å². The molecule has 0 aliphatic carbocycles. The van der Waals surface area contributed by atoms with Crippen molar-refractivity contribution in [2.24, 2.45) is 5.92 Å². The molecule has 2 rings (SSSR count). The van der Waals surface area contributed by atoms with E-state index in [9.17, 15) is 0 Å². The molecule has 0 bridgehead atoms. The molecule has 1 saturated heterocycles. The smallest absolute Gasteiger partial charge is 0.129 e. The molecular formula is C12H17BrClN3. The van der Waals surface area contributed by atoms with Crippen molar-refractivity contribution in [2.45, 2.75) is 12.8 Å². The van der Waals surface area contributed by atoms with Gasteiger partial charge in [-0.05, 0) is 60.9 Å². The van der Waals surface area contributed by atoms with Crippen LogP contribution in [-0.4, -0.2) is 36.6 Å². The summed E-state index contributed by atoms with van der Waals surface area (Å²) in [5.74, 6) is 0.747. The largest absolute Gasteiger partial charge is 0.383 e. The van der Waals surface area contributed by atoms with Gasteiger partial charge in [0.05, 0.1) is 10.7 Å². The van der Waals surface area contributed by atoms with Crippen LogP contribution in [0.25, 0.3) is 0 Å². The van der Waals surface area contributed by atoms with Gasteiger partial charge in [-0.1, -0.05) is 11.6 Å². The summed E-state index contributed by atoms with van der Waals surface area (Å²) < 4.78 is 0.829. The van der Waals surface area contributed by atoms with Crippen LogP contribution in [0.4, 0.5) is 5.69 Å². The molecule has 0 spiro atoms. The van der Waals surface area contributed by atoms with Crippen molar-refractivity contribution in [1.82, 2.24) is 9.88 Å². The SMILES string of the molecule is CN1CCC(CNc2cc(Cl)cnc2Br)CC1. The van der Waals surface area contributed by atoms with Crippen LogP contribution >= 0.6 is 27.5 Å². The number of anilines is 1. The Morgan fingerprint density at radius 3 is 2.94 bits per heavy atom. The number of nitrogens with zero attached hydrogens (tertiary/aromatic N) is 2. The van der Waals surface area contributed by atoms with Gasteiger partial charge in [0.15, 0.2) is 0 Å². The maximum Gasteiger partial charge on any atom is 0.129 e. The topological polar surface area (TPSA) is 28.2 Å². The van der Waals surface area contributed by atoms with Crippen LogP contribution < -0.4 is 5.32 Å². The lowest BCUT2D eigenvalue weighted by Gasteiger charge is -2.29. The van der Waals surface area contributed by atoms with E-state index in [1.807, 2.05) is 6.07 Å². The Balaban J connectivity index is 1.87. The monoisotopic (exact) mass is 317 g/mol. The summed E-state index contributed by atoms with van der Waals surface area (Å²) >= 11 is 9.35. The third-order valence-corrected chi connectivity index (χ3v) is 4.06. The van der Waals surface area contributed by atoms with Crippen molar-refractivity contribution in [3.63, 3.8) is 0 Å². The number of likely N-dealkylation sites (tertiary alicyclic amines) is 1. The van der Waals surface area contributed by atoms with Crippen LogP contribution in [0.3, 0.4) is 0 Å². The molecule has 1 fully saturated rings. The number of pyridine rings is 1. The first-order chi connectivity index (χ1) is 8.15. The van der Waals surface area contributed by atoms with E-state index in [2.05, 4.69) is 38.2 Å². The number of hydrogen-bond acceptors (Lipinski definition) is 3. The predicted molar refractivity (Wildman–Crippen MR) is 75.7 cm³/mol. The Hall–Kier alpha value is -0.320. The lowest BCUT2D eigenvalue weighted by Crippen LogP contribution is -2.33. The van der Waals surface area contributed by atoms with Crippen molar-refractivity contribution >= 4 is 33.2 Å². The van der Waals surface area contributed by atoms with E-state index in [4.69, 9.17) is 11.6 Å². The van der Waals surface area contributed by atoms with Gasteiger partial charge in [-0.15, -0.1) is 0 Å². The maximum absolute atomic E-state index is 5.93. The molecule has 0 saturated carbocycles. The van der Waals surface area contributed by atoms with Crippen molar-refractivity contribution in [3.8, 4) is 0 Å². The Kier molecular flexibility index (Phi) is 4.65. The highest BCUT2D eigenvalue weighted by atomic mass is 79.9. The highest BCUT2D eigenvalue weighted by Gasteiger charge is 2.16. The Bertz CT molecular complexity index is 378. The molecule has 0 atom stereocenters. The van der Waals surface area contributed by atoms with Gasteiger partial charge < -0.3 is 10.2 Å². The molecule has 1 N–H and O–H groups in total. The van der Waals surface area contributed by atoms with Crippen molar-refractivity contribution in [2.75, 3.05) is 32.0 Å². The second kappa shape index (κ2) is 6.03. The Morgan fingerprint density at radius 1 is 1.53 bits per heavy atom. The molecule has 2 heterocycles. The van der Waals surface area contributed by atoms with Crippen molar-refractivity contribution < 1.29 is 0 Å². The van der Waals surface area contributed by atoms with Gasteiger partial charge in [0, 0.05) is 12.7 Å². The highest BCUT2D eigenvalue weighted by Crippen LogP contribution is 2.24. The van der Waals surface area contributed by atoms with E-state index in [1.54, 1.807) is 6.20 Å². The molecule has 3 nitrogen and oxygen atoms in total. The third-order valence-electron chi connectivity index (χ3n) is 3.23. The summed E-state index contributed by atoms with van der Waals surface area (Å²) in [5, 5.41) is 4.09. The fourth-order valence-corrected chi connectivity index (χ4v) is 2.58. The molecule has 94 valence electrons. The van der Waals surface area contributed by atoms with Gasteiger partial charge >= 0.3 is 0 Å². The normalized spacial score (nSPS) is 18.3. The second-order valence-corrected chi connectivity index (χ2v) is 5.81. The summed E-state index contributed by atoms with van der Waals surface area (Å²) in [6.45, 7) is 3.39. The van der Waals surface area contributed by atoms with Gasteiger partial charge in [0.25, 0.3) is 0 Å². The lowest BCUT2D eigenvalue weighted by molar-refractivity contribution is 0.226. The molecule has 17 heavy (non-hydrogen) atoms. The summed E-state index contributed by atoms with van der Waals surface area (Å²) in [6.07, 6.45) is 4.16. The molecule has 1 aliphatic heterocycles. The number of rotatable bonds is 3. The van der Waals surface area contributed by atoms with Gasteiger partial charge in [0.2, 0.25) is 0 Å². The van der Waals surface area contributed by atoms with Crippen LogP contribution in [-0.2, 0) is 0 Å². The van der Waals surface area contributed by atoms with E-state index in [0.717, 1.165) is 22.8 Å². The zero-order chi connectivity index (χ0) is 12.3. The minimum absolute atomic E-state index is 0.666. The molecular weight excluding hydrogens is 302 g/mol. The van der Waals surface area contributed by atoms with Crippen LogP contribution in [0.15, 0.2) is 16.9 Å². The van der Waals surface area contributed by atoms with Crippen LogP contribution in [0.5, 0.6) is 0 Å². The minimum Gasteiger partial charge on any atom is -0.383 e. The molecule has 0 amide bonds. The molecule has 1 aliphatic rings. The maximum atomic E-state index is 5.93. The van der Waals surface area contributed by atoms with Gasteiger partial charge in [-0.3, -0.25) is 0 Å². The molecule has 0 aromatic carbocycles. The number of hydrogen-bond donors (Lipinski definition) is 1. The highest BCUT2D eigenvalue weighted by molar-refractivity contribution is 9.10. The van der Waals surface area contributed by atoms with Crippen molar-refractivity contribution in [3.05, 3.63) is 21.9 Å². The predicted octanol–water partition coefficient (Wildman–Crippen LogP) is 3.25. The zero-order valence-corrected chi connectivity index (χ0v) is 12.3. The second-order valence-electron chi connectivity index (χ2n) is 4.62. The molecule has 0 radical (unpaired) electrons. The summed E-state index contributed by atoms with van der Waals surface area (Å²) in [4.78, 5) is 6.55. The third kappa shape index (κ3) is 3.83. The fourth-order valence-electron chi connectivity index (χ4n) is 2.07. The average molecular weight is 319 g/mol. The van der Waals surface area contributed by atoms with Crippen LogP contribution in [0.1, 0.15) is 12.8 Å².